The maximum absolute atomic E-state index is 11.7. The molecule has 0 aromatic heterocycles. The summed E-state index contributed by atoms with van der Waals surface area (Å²) in [6.45, 7) is 5.47. The fourth-order valence-electron chi connectivity index (χ4n) is 1.81. The molecule has 3 heteroatoms. The van der Waals surface area contributed by atoms with Crippen LogP contribution in [0.5, 0.6) is 0 Å². The Balaban J connectivity index is 2.42. The fourth-order valence-corrected chi connectivity index (χ4v) is 1.81. The highest BCUT2D eigenvalue weighted by Gasteiger charge is 2.20. The summed E-state index contributed by atoms with van der Waals surface area (Å²) >= 11 is 0. The van der Waals surface area contributed by atoms with Crippen LogP contribution in [-0.4, -0.2) is 17.9 Å². The van der Waals surface area contributed by atoms with Crippen molar-refractivity contribution >= 4 is 12.3 Å². The molecule has 0 aliphatic carbocycles. The van der Waals surface area contributed by atoms with Crippen LogP contribution in [0.1, 0.15) is 39.2 Å². The first-order chi connectivity index (χ1) is 8.90. The normalized spacial score (nSPS) is 12.8. The molecule has 0 heterocycles. The third-order valence-corrected chi connectivity index (χ3v) is 2.69. The van der Waals surface area contributed by atoms with Crippen LogP contribution in [0.2, 0.25) is 0 Å². The molecule has 1 unspecified atom stereocenters. The van der Waals surface area contributed by atoms with Crippen LogP contribution < -0.4 is 0 Å². The maximum Gasteiger partial charge on any atom is 0.307 e. The Hall–Kier alpha value is -1.64. The quantitative estimate of drug-likeness (QED) is 0.584. The maximum atomic E-state index is 11.7. The van der Waals surface area contributed by atoms with Crippen LogP contribution in [0.25, 0.3) is 0 Å². The largest absolute Gasteiger partial charge is 0.460 e. The SMILES string of the molecule is CC(C)(C)OC(=O)CC(C=O)CCc1ccccc1. The molecule has 1 rings (SSSR count). The summed E-state index contributed by atoms with van der Waals surface area (Å²) in [6, 6.07) is 9.95. The Kier molecular flexibility index (Phi) is 5.74. The molecular formula is C16H22O3. The Morgan fingerprint density at radius 3 is 2.42 bits per heavy atom. The monoisotopic (exact) mass is 262 g/mol. The van der Waals surface area contributed by atoms with Gasteiger partial charge in [-0.2, -0.15) is 0 Å². The summed E-state index contributed by atoms with van der Waals surface area (Å²) in [5.74, 6) is -0.576. The van der Waals surface area contributed by atoms with Crippen molar-refractivity contribution in [3.8, 4) is 0 Å². The van der Waals surface area contributed by atoms with Gasteiger partial charge in [-0.25, -0.2) is 0 Å². The van der Waals surface area contributed by atoms with Crippen molar-refractivity contribution in [3.63, 3.8) is 0 Å². The van der Waals surface area contributed by atoms with E-state index in [1.165, 1.54) is 5.56 Å². The topological polar surface area (TPSA) is 43.4 Å². The van der Waals surface area contributed by atoms with Gasteiger partial charge in [0.25, 0.3) is 0 Å². The Bertz CT molecular complexity index is 404. The highest BCUT2D eigenvalue weighted by Crippen LogP contribution is 2.15. The number of hydrogen-bond donors (Lipinski definition) is 0. The first-order valence-electron chi connectivity index (χ1n) is 6.62. The van der Waals surface area contributed by atoms with Gasteiger partial charge in [-0.3, -0.25) is 4.79 Å². The molecule has 0 bridgehead atoms. The van der Waals surface area contributed by atoms with Crippen LogP contribution in [-0.2, 0) is 20.7 Å². The third-order valence-electron chi connectivity index (χ3n) is 2.69. The molecule has 0 aliphatic rings. The number of hydrogen-bond acceptors (Lipinski definition) is 3. The first kappa shape index (κ1) is 15.4. The van der Waals surface area contributed by atoms with E-state index < -0.39 is 5.60 Å². The Morgan fingerprint density at radius 1 is 1.26 bits per heavy atom. The fraction of sp³-hybridized carbons (Fsp3) is 0.500. The summed E-state index contributed by atoms with van der Waals surface area (Å²) in [5.41, 5.74) is 0.683. The molecule has 0 radical (unpaired) electrons. The zero-order valence-electron chi connectivity index (χ0n) is 11.9. The van der Waals surface area contributed by atoms with E-state index in [1.54, 1.807) is 0 Å². The molecule has 1 aromatic rings. The molecule has 3 nitrogen and oxygen atoms in total. The molecule has 1 atom stereocenters. The summed E-state index contributed by atoms with van der Waals surface area (Å²) in [4.78, 5) is 22.7. The molecule has 0 N–H and O–H groups in total. The average Bonchev–Trinajstić information content (AvgIpc) is 2.33. The van der Waals surface area contributed by atoms with Gasteiger partial charge >= 0.3 is 5.97 Å². The van der Waals surface area contributed by atoms with Crippen molar-refractivity contribution < 1.29 is 14.3 Å². The third kappa shape index (κ3) is 6.75. The van der Waals surface area contributed by atoms with Crippen molar-refractivity contribution in [3.05, 3.63) is 35.9 Å². The van der Waals surface area contributed by atoms with Crippen molar-refractivity contribution in [1.82, 2.24) is 0 Å². The predicted octanol–water partition coefficient (Wildman–Crippen LogP) is 3.17. The number of ether oxygens (including phenoxy) is 1. The summed E-state index contributed by atoms with van der Waals surface area (Å²) in [5, 5.41) is 0. The minimum atomic E-state index is -0.496. The molecule has 0 saturated heterocycles. The second-order valence-corrected chi connectivity index (χ2v) is 5.71. The number of benzene rings is 1. The van der Waals surface area contributed by atoms with E-state index in [9.17, 15) is 9.59 Å². The van der Waals surface area contributed by atoms with Gasteiger partial charge in [0, 0.05) is 5.92 Å². The minimum absolute atomic E-state index is 0.160. The van der Waals surface area contributed by atoms with Crippen molar-refractivity contribution in [2.24, 2.45) is 5.92 Å². The van der Waals surface area contributed by atoms with Gasteiger partial charge in [0.1, 0.15) is 11.9 Å². The number of aryl methyl sites for hydroxylation is 1. The van der Waals surface area contributed by atoms with Crippen LogP contribution in [0, 0.1) is 5.92 Å². The molecule has 0 spiro atoms. The van der Waals surface area contributed by atoms with E-state index >= 15 is 0 Å². The highest BCUT2D eigenvalue weighted by atomic mass is 16.6. The Labute approximate surface area is 115 Å². The average molecular weight is 262 g/mol. The van der Waals surface area contributed by atoms with Crippen LogP contribution in [0.15, 0.2) is 30.3 Å². The summed E-state index contributed by atoms with van der Waals surface area (Å²) < 4.78 is 5.22. The molecule has 104 valence electrons. The van der Waals surface area contributed by atoms with E-state index in [4.69, 9.17) is 4.74 Å². The molecule has 1 aromatic carbocycles. The van der Waals surface area contributed by atoms with E-state index in [-0.39, 0.29) is 18.3 Å². The number of carbonyl (C=O) groups excluding carboxylic acids is 2. The van der Waals surface area contributed by atoms with Gasteiger partial charge in [0.2, 0.25) is 0 Å². The van der Waals surface area contributed by atoms with Gasteiger partial charge in [-0.1, -0.05) is 30.3 Å². The second-order valence-electron chi connectivity index (χ2n) is 5.71. The second kappa shape index (κ2) is 7.07. The molecule has 0 aliphatic heterocycles. The van der Waals surface area contributed by atoms with E-state index in [0.29, 0.717) is 6.42 Å². The lowest BCUT2D eigenvalue weighted by atomic mass is 9.98. The summed E-state index contributed by atoms with van der Waals surface area (Å²) in [7, 11) is 0. The summed E-state index contributed by atoms with van der Waals surface area (Å²) in [6.07, 6.45) is 2.49. The van der Waals surface area contributed by atoms with E-state index in [0.717, 1.165) is 12.7 Å². The van der Waals surface area contributed by atoms with Gasteiger partial charge < -0.3 is 9.53 Å². The smallest absolute Gasteiger partial charge is 0.307 e. The van der Waals surface area contributed by atoms with Crippen molar-refractivity contribution in [1.29, 1.82) is 0 Å². The molecule has 19 heavy (non-hydrogen) atoms. The number of rotatable bonds is 6. The van der Waals surface area contributed by atoms with Gasteiger partial charge in [0.05, 0.1) is 6.42 Å². The number of aldehydes is 1. The van der Waals surface area contributed by atoms with Crippen molar-refractivity contribution in [2.45, 2.75) is 45.6 Å². The van der Waals surface area contributed by atoms with Crippen LogP contribution >= 0.6 is 0 Å². The van der Waals surface area contributed by atoms with Gasteiger partial charge in [0.15, 0.2) is 0 Å². The zero-order chi connectivity index (χ0) is 14.3. The lowest BCUT2D eigenvalue weighted by Gasteiger charge is -2.20. The lowest BCUT2D eigenvalue weighted by Crippen LogP contribution is -2.25. The van der Waals surface area contributed by atoms with Gasteiger partial charge in [-0.05, 0) is 39.2 Å². The number of esters is 1. The standard InChI is InChI=1S/C16H22O3/c1-16(2,3)19-15(18)11-14(12-17)10-9-13-7-5-4-6-8-13/h4-8,12,14H,9-11H2,1-3H3. The van der Waals surface area contributed by atoms with E-state index in [2.05, 4.69) is 0 Å². The molecule has 0 fully saturated rings. The lowest BCUT2D eigenvalue weighted by molar-refractivity contribution is -0.156. The van der Waals surface area contributed by atoms with Crippen LogP contribution in [0.3, 0.4) is 0 Å². The Morgan fingerprint density at radius 2 is 1.89 bits per heavy atom. The minimum Gasteiger partial charge on any atom is -0.460 e. The van der Waals surface area contributed by atoms with E-state index in [1.807, 2.05) is 51.1 Å². The van der Waals surface area contributed by atoms with Crippen molar-refractivity contribution in [2.75, 3.05) is 0 Å². The molecular weight excluding hydrogens is 240 g/mol. The predicted molar refractivity (Wildman–Crippen MR) is 74.8 cm³/mol. The van der Waals surface area contributed by atoms with Crippen LogP contribution in [0.4, 0.5) is 0 Å². The zero-order valence-corrected chi connectivity index (χ0v) is 11.9. The molecule has 0 saturated carbocycles. The first-order valence-corrected chi connectivity index (χ1v) is 6.62. The van der Waals surface area contributed by atoms with Gasteiger partial charge in [-0.15, -0.1) is 0 Å². The number of carbonyl (C=O) groups is 2. The molecule has 0 amide bonds. The highest BCUT2D eigenvalue weighted by molar-refractivity contribution is 5.74.